The summed E-state index contributed by atoms with van der Waals surface area (Å²) in [5.74, 6) is -3.74. The number of hydrogen-bond donors (Lipinski definition) is 15. The summed E-state index contributed by atoms with van der Waals surface area (Å²) in [6, 6.07) is -3.38. The first-order valence-corrected chi connectivity index (χ1v) is 38.7. The van der Waals surface area contributed by atoms with Crippen LogP contribution in [0, 0.1) is 0 Å². The molecule has 0 saturated carbocycles. The van der Waals surface area contributed by atoms with E-state index in [1.54, 1.807) is 30.6 Å². The first kappa shape index (κ1) is 95.8. The predicted molar refractivity (Wildman–Crippen MR) is 375 cm³/mol. The Bertz CT molecular complexity index is 2620. The number of ether oxygens (including phenoxy) is 12. The quantitative estimate of drug-likeness (QED) is 0.0199. The highest BCUT2D eigenvalue weighted by molar-refractivity contribution is 8.06. The van der Waals surface area contributed by atoms with Crippen LogP contribution in [0.4, 0.5) is 0 Å². The third-order valence-electron chi connectivity index (χ3n) is 16.7. The van der Waals surface area contributed by atoms with Crippen molar-refractivity contribution in [2.24, 2.45) is 0 Å². The molecule has 0 aliphatic carbocycles. The first-order chi connectivity index (χ1) is 51.4. The maximum atomic E-state index is 14.1. The van der Waals surface area contributed by atoms with Crippen molar-refractivity contribution < 1.29 is 155 Å². The molecule has 4 aliphatic heterocycles. The van der Waals surface area contributed by atoms with E-state index in [0.29, 0.717) is 25.9 Å². The molecule has 0 radical (unpaired) electrons. The highest BCUT2D eigenvalue weighted by Crippen LogP contribution is 2.46. The highest BCUT2D eigenvalue weighted by Gasteiger charge is 2.48. The van der Waals surface area contributed by atoms with Gasteiger partial charge in [0.1, 0.15) is 79.8 Å². The average Bonchev–Trinajstić information content (AvgIpc) is 0.816. The van der Waals surface area contributed by atoms with Crippen molar-refractivity contribution in [2.75, 3.05) is 184 Å². The van der Waals surface area contributed by atoms with E-state index >= 15 is 0 Å². The minimum atomic E-state index is -3.80. The minimum absolute atomic E-state index is 0.00510. The molecule has 0 aromatic heterocycles. The number of nitrogens with one attached hydrogen (secondary N) is 6. The van der Waals surface area contributed by atoms with Gasteiger partial charge in [0, 0.05) is 79.4 Å². The molecule has 15 N–H and O–H groups in total. The van der Waals surface area contributed by atoms with Crippen LogP contribution in [-0.2, 0) is 116 Å². The third-order valence-corrected chi connectivity index (χ3v) is 18.5. The number of hydrogen-bond acceptors (Lipinski definition) is 34. The second kappa shape index (κ2) is 51.9. The number of likely N-dealkylation sites (tertiary alicyclic amines) is 1. The molecule has 41 nitrogen and oxygen atoms in total. The largest absolute Gasteiger partial charge is 0.780 e. The lowest BCUT2D eigenvalue weighted by molar-refractivity contribution is -0.272. The van der Waals surface area contributed by atoms with Gasteiger partial charge in [0.2, 0.25) is 47.3 Å². The molecule has 0 spiro atoms. The molecule has 8 amide bonds. The number of rotatable bonds is 53. The summed E-state index contributed by atoms with van der Waals surface area (Å²) >= 11 is 5.10. The molecule has 4 rings (SSSR count). The van der Waals surface area contributed by atoms with Gasteiger partial charge >= 0.3 is 0 Å². The van der Waals surface area contributed by atoms with Crippen LogP contribution in [-0.4, -0.2) is 396 Å². The van der Waals surface area contributed by atoms with Crippen LogP contribution >= 0.6 is 6.72 Å². The van der Waals surface area contributed by atoms with Gasteiger partial charge in [-0.05, 0) is 46.5 Å². The number of aliphatic hydroxyl groups is 9. The number of carbonyl (C=O) groups excluding carboxylic acids is 8. The summed E-state index contributed by atoms with van der Waals surface area (Å²) in [6.45, 7) is 3.48. The predicted octanol–water partition coefficient (Wildman–Crippen LogP) is -8.59. The van der Waals surface area contributed by atoms with Crippen molar-refractivity contribution >= 4 is 65.8 Å². The molecule has 4 saturated heterocycles. The Balaban J connectivity index is 1.31. The van der Waals surface area contributed by atoms with Crippen molar-refractivity contribution in [3.05, 3.63) is 0 Å². The summed E-state index contributed by atoms with van der Waals surface area (Å²) in [4.78, 5) is 120. The summed E-state index contributed by atoms with van der Waals surface area (Å²) in [5, 5.41) is 107. The van der Waals surface area contributed by atoms with Gasteiger partial charge in [0.15, 0.2) is 18.9 Å². The average molecular weight is 1600 g/mol. The SMILES string of the molecule is CC(=O)NC1C(OCCOCCOCCNC(=O)CN(CCCN(CC(=O)NCCOCCOCCOC2OC(CO)C(O)C(O)C2NC(C)=O)C(=O)CCCC(=O)N2CCC(OP([O-])(=S)OC(C)(C)C)CC2)CC(=O)NCCOCCOCCOC2OC(CO)C(O)C(O)C2NC(C)=O)OC(CO)C(O)C1O. The zero-order valence-corrected chi connectivity index (χ0v) is 64.1. The fourth-order valence-corrected chi connectivity index (χ4v) is 13.8. The molecule has 43 heteroatoms. The Labute approximate surface area is 633 Å². The fraction of sp³-hybridized carbons (Fsp3) is 0.877. The van der Waals surface area contributed by atoms with Crippen LogP contribution < -0.4 is 36.8 Å². The molecule has 626 valence electrons. The van der Waals surface area contributed by atoms with Crippen molar-refractivity contribution in [2.45, 2.75) is 184 Å². The number of carbonyl (C=O) groups is 8. The van der Waals surface area contributed by atoms with Gasteiger partial charge in [-0.25, -0.2) is 0 Å². The Kier molecular flexibility index (Phi) is 46.1. The zero-order chi connectivity index (χ0) is 79.8. The van der Waals surface area contributed by atoms with Crippen molar-refractivity contribution in [3.63, 3.8) is 0 Å². The molecule has 4 aliphatic rings. The standard InChI is InChI=1S/C65H118N9O32PS/c1-41(78)69-53-59(89)56(86)45(38-75)102-62(53)99-32-29-96-26-23-93-20-13-66-48(81)35-72(36-49(82)67-14-21-94-24-27-97-30-33-100-63-54(70-42(2)79)60(90)57(87)46(39-76)103-63)16-8-17-74(52(85)10-7-9-51(84)73-18-11-44(12-19-73)105-107(92,108)106-65(4,5)6)37-50(83)68-15-22-95-25-28-98-31-34-101-64-55(71-43(3)80)61(91)58(88)47(40-77)104-64/h44-47,53-64,75-77,86-91H,7-40H2,1-6H3,(H,66,81)(H,67,82)(H,68,83)(H,69,78)(H,70,79)(H,71,80)(H,92,108)/p-1. The van der Waals surface area contributed by atoms with Crippen LogP contribution in [0.1, 0.15) is 80.1 Å². The van der Waals surface area contributed by atoms with E-state index in [9.17, 15) is 89.2 Å². The van der Waals surface area contributed by atoms with Crippen molar-refractivity contribution in [1.82, 2.24) is 46.6 Å². The van der Waals surface area contributed by atoms with Gasteiger partial charge in [0.25, 0.3) is 0 Å². The van der Waals surface area contributed by atoms with E-state index in [1.807, 2.05) is 0 Å². The first-order valence-electron chi connectivity index (χ1n) is 36.1. The zero-order valence-electron chi connectivity index (χ0n) is 62.4. The van der Waals surface area contributed by atoms with Gasteiger partial charge in [-0.2, -0.15) is 0 Å². The number of nitrogens with zero attached hydrogens (tertiary/aromatic N) is 3. The topological polar surface area (TPSA) is 553 Å². The van der Waals surface area contributed by atoms with Crippen LogP contribution in [0.5, 0.6) is 0 Å². The second-order valence-corrected chi connectivity index (χ2v) is 29.3. The van der Waals surface area contributed by atoms with Gasteiger partial charge in [-0.1, -0.05) is 11.8 Å². The monoisotopic (exact) mass is 1600 g/mol. The number of piperidine rings is 1. The van der Waals surface area contributed by atoms with E-state index in [0.717, 1.165) is 0 Å². The molecular weight excluding hydrogens is 1480 g/mol. The maximum Gasteiger partial charge on any atom is 0.239 e. The van der Waals surface area contributed by atoms with E-state index in [4.69, 9.17) is 77.7 Å². The smallest absolute Gasteiger partial charge is 0.239 e. The molecule has 0 bridgehead atoms. The summed E-state index contributed by atoms with van der Waals surface area (Å²) in [6.07, 6.45) is -15.6. The Morgan fingerprint density at radius 1 is 0.491 bits per heavy atom. The third kappa shape index (κ3) is 37.4. The molecular formula is C65H117N9O32PS-. The molecule has 4 heterocycles. The second-order valence-electron chi connectivity index (χ2n) is 26.7. The molecule has 4 fully saturated rings. The number of amides is 8. The lowest BCUT2D eigenvalue weighted by Gasteiger charge is -2.42. The van der Waals surface area contributed by atoms with Gasteiger partial charge in [-0.15, -0.1) is 0 Å². The highest BCUT2D eigenvalue weighted by atomic mass is 32.5. The van der Waals surface area contributed by atoms with E-state index in [-0.39, 0.29) is 177 Å². The van der Waals surface area contributed by atoms with Crippen LogP contribution in [0.3, 0.4) is 0 Å². The maximum absolute atomic E-state index is 14.1. The fourth-order valence-electron chi connectivity index (χ4n) is 11.5. The van der Waals surface area contributed by atoms with E-state index < -0.39 is 178 Å². The van der Waals surface area contributed by atoms with Gasteiger partial charge in [-0.3, -0.25) is 43.3 Å². The summed E-state index contributed by atoms with van der Waals surface area (Å²) in [5.41, 5.74) is -0.799. The Morgan fingerprint density at radius 2 is 0.833 bits per heavy atom. The molecule has 16 unspecified atom stereocenters. The summed E-state index contributed by atoms with van der Waals surface area (Å²) < 4.78 is 78.2. The lowest BCUT2D eigenvalue weighted by Crippen LogP contribution is -2.64. The molecule has 16 atom stereocenters. The molecule has 108 heavy (non-hydrogen) atoms. The van der Waals surface area contributed by atoms with Crippen LogP contribution in [0.2, 0.25) is 0 Å². The van der Waals surface area contributed by atoms with E-state index in [2.05, 4.69) is 31.9 Å². The van der Waals surface area contributed by atoms with Crippen molar-refractivity contribution in [3.8, 4) is 0 Å². The van der Waals surface area contributed by atoms with Crippen LogP contribution in [0.25, 0.3) is 0 Å². The van der Waals surface area contributed by atoms with Crippen LogP contribution in [0.15, 0.2) is 0 Å². The number of aliphatic hydroxyl groups excluding tert-OH is 9. The Hall–Kier alpha value is -4.59. The normalized spacial score (nSPS) is 26.1. The Morgan fingerprint density at radius 3 is 1.18 bits per heavy atom. The lowest BCUT2D eigenvalue weighted by atomic mass is 9.97. The minimum Gasteiger partial charge on any atom is -0.780 e. The molecule has 0 aromatic carbocycles. The van der Waals surface area contributed by atoms with Gasteiger partial charge < -0.3 is 158 Å². The van der Waals surface area contributed by atoms with Crippen molar-refractivity contribution in [1.29, 1.82) is 0 Å². The molecule has 0 aromatic rings. The van der Waals surface area contributed by atoms with Gasteiger partial charge in [0.05, 0.1) is 150 Å². The summed E-state index contributed by atoms with van der Waals surface area (Å²) in [7, 11) is 0. The van der Waals surface area contributed by atoms with E-state index in [1.165, 1.54) is 25.7 Å².